The Morgan fingerprint density at radius 2 is 2.25 bits per heavy atom. The van der Waals surface area contributed by atoms with Crippen molar-refractivity contribution >= 4 is 40.2 Å². The number of amides is 3. The number of nitrogens with zero attached hydrogens (tertiary/aromatic N) is 2. The Morgan fingerprint density at radius 3 is 3.00 bits per heavy atom. The molecule has 0 aliphatic carbocycles. The van der Waals surface area contributed by atoms with Crippen LogP contribution in [0, 0.1) is 0 Å². The molecule has 2 rings (SSSR count). The summed E-state index contributed by atoms with van der Waals surface area (Å²) < 4.78 is 5.86. The van der Waals surface area contributed by atoms with Gasteiger partial charge in [0.05, 0.1) is 18.6 Å². The number of furan rings is 1. The smallest absolute Gasteiger partial charge is 0.321 e. The first-order chi connectivity index (χ1) is 11.7. The number of nitrogens with one attached hydrogen (secondary N) is 3. The number of rotatable bonds is 9. The number of thioether (sulfide) groups is 1. The Kier molecular flexibility index (Phi) is 7.56. The second-order valence-corrected chi connectivity index (χ2v) is 6.95. The molecule has 24 heavy (non-hydrogen) atoms. The second-order valence-electron chi connectivity index (χ2n) is 4.75. The van der Waals surface area contributed by atoms with E-state index in [-0.39, 0.29) is 11.7 Å². The summed E-state index contributed by atoms with van der Waals surface area (Å²) in [6.07, 6.45) is 3.47. The third-order valence-corrected chi connectivity index (χ3v) is 4.81. The van der Waals surface area contributed by atoms with Gasteiger partial charge in [-0.3, -0.25) is 10.1 Å². The van der Waals surface area contributed by atoms with E-state index in [9.17, 15) is 9.59 Å². The molecule has 10 heteroatoms. The normalized spacial score (nSPS) is 10.4. The lowest BCUT2D eigenvalue weighted by Gasteiger charge is -2.04. The van der Waals surface area contributed by atoms with Crippen molar-refractivity contribution in [3.05, 3.63) is 24.2 Å². The van der Waals surface area contributed by atoms with E-state index >= 15 is 0 Å². The van der Waals surface area contributed by atoms with Gasteiger partial charge in [0, 0.05) is 6.54 Å². The summed E-state index contributed by atoms with van der Waals surface area (Å²) >= 11 is 2.57. The van der Waals surface area contributed by atoms with E-state index in [1.165, 1.54) is 23.1 Å². The zero-order valence-corrected chi connectivity index (χ0v) is 14.8. The van der Waals surface area contributed by atoms with Crippen LogP contribution in [0.25, 0.3) is 0 Å². The third-order valence-electron chi connectivity index (χ3n) is 2.80. The van der Waals surface area contributed by atoms with E-state index in [4.69, 9.17) is 4.42 Å². The summed E-state index contributed by atoms with van der Waals surface area (Å²) in [6.45, 7) is 3.11. The van der Waals surface area contributed by atoms with Crippen molar-refractivity contribution in [2.75, 3.05) is 17.6 Å². The van der Waals surface area contributed by atoms with E-state index in [1.807, 2.05) is 19.1 Å². The van der Waals surface area contributed by atoms with Gasteiger partial charge in [-0.15, -0.1) is 10.2 Å². The van der Waals surface area contributed by atoms with Crippen LogP contribution < -0.4 is 16.0 Å². The summed E-state index contributed by atoms with van der Waals surface area (Å²) in [7, 11) is 0. The predicted octanol–water partition coefficient (Wildman–Crippen LogP) is 2.46. The van der Waals surface area contributed by atoms with Crippen LogP contribution in [0.15, 0.2) is 27.2 Å². The molecule has 0 atom stereocenters. The first kappa shape index (κ1) is 18.3. The maximum atomic E-state index is 11.7. The van der Waals surface area contributed by atoms with Crippen LogP contribution in [0.3, 0.4) is 0 Å². The molecule has 2 aromatic heterocycles. The zero-order chi connectivity index (χ0) is 17.2. The molecule has 0 radical (unpaired) electrons. The fraction of sp³-hybridized carbons (Fsp3) is 0.429. The van der Waals surface area contributed by atoms with Gasteiger partial charge in [-0.2, -0.15) is 0 Å². The van der Waals surface area contributed by atoms with Crippen LogP contribution in [-0.4, -0.2) is 34.4 Å². The number of urea groups is 1. The SMILES string of the molecule is CCCCNC(=O)NC(=O)CSc1nnc(NCc2ccco2)s1. The van der Waals surface area contributed by atoms with Gasteiger partial charge in [0.15, 0.2) is 4.34 Å². The molecule has 0 saturated carbocycles. The lowest BCUT2D eigenvalue weighted by atomic mass is 10.3. The largest absolute Gasteiger partial charge is 0.467 e. The number of aromatic nitrogens is 2. The molecule has 0 fully saturated rings. The lowest BCUT2D eigenvalue weighted by molar-refractivity contribution is -0.117. The Balaban J connectivity index is 1.66. The Bertz CT molecular complexity index is 645. The van der Waals surface area contributed by atoms with Gasteiger partial charge in [-0.25, -0.2) is 4.79 Å². The Morgan fingerprint density at radius 1 is 1.38 bits per heavy atom. The van der Waals surface area contributed by atoms with Crippen LogP contribution in [0.4, 0.5) is 9.93 Å². The molecule has 0 bridgehead atoms. The number of carbonyl (C=O) groups excluding carboxylic acids is 2. The molecule has 3 N–H and O–H groups in total. The molecule has 2 heterocycles. The molecular weight excluding hydrogens is 350 g/mol. The quantitative estimate of drug-likeness (QED) is 0.460. The summed E-state index contributed by atoms with van der Waals surface area (Å²) in [5.74, 6) is 0.538. The van der Waals surface area contributed by atoms with Crippen molar-refractivity contribution in [3.63, 3.8) is 0 Å². The summed E-state index contributed by atoms with van der Waals surface area (Å²) in [6, 6.07) is 3.21. The van der Waals surface area contributed by atoms with Gasteiger partial charge in [0.2, 0.25) is 11.0 Å². The molecule has 0 unspecified atom stereocenters. The molecule has 0 aliphatic heterocycles. The highest BCUT2D eigenvalue weighted by atomic mass is 32.2. The number of hydrogen-bond acceptors (Lipinski definition) is 8. The Hall–Kier alpha value is -2.07. The van der Waals surface area contributed by atoms with Gasteiger partial charge < -0.3 is 15.1 Å². The zero-order valence-electron chi connectivity index (χ0n) is 13.2. The number of anilines is 1. The molecular formula is C14H19N5O3S2. The predicted molar refractivity (Wildman–Crippen MR) is 93.1 cm³/mol. The minimum absolute atomic E-state index is 0.105. The third kappa shape index (κ3) is 6.59. The number of hydrogen-bond donors (Lipinski definition) is 3. The summed E-state index contributed by atoms with van der Waals surface area (Å²) in [5.41, 5.74) is 0. The average Bonchev–Trinajstić information content (AvgIpc) is 3.23. The molecule has 3 amide bonds. The summed E-state index contributed by atoms with van der Waals surface area (Å²) in [5, 5.41) is 16.6. The van der Waals surface area contributed by atoms with Gasteiger partial charge >= 0.3 is 6.03 Å². The van der Waals surface area contributed by atoms with E-state index in [1.54, 1.807) is 6.26 Å². The lowest BCUT2D eigenvalue weighted by Crippen LogP contribution is -2.40. The molecule has 0 aromatic carbocycles. The van der Waals surface area contributed by atoms with Crippen molar-refractivity contribution in [3.8, 4) is 0 Å². The van der Waals surface area contributed by atoms with E-state index < -0.39 is 6.03 Å². The first-order valence-electron chi connectivity index (χ1n) is 7.47. The number of carbonyl (C=O) groups is 2. The average molecular weight is 369 g/mol. The van der Waals surface area contributed by atoms with Crippen molar-refractivity contribution in [2.45, 2.75) is 30.6 Å². The molecule has 0 saturated heterocycles. The monoisotopic (exact) mass is 369 g/mol. The molecule has 0 aliphatic rings. The molecule has 130 valence electrons. The van der Waals surface area contributed by atoms with Gasteiger partial charge in [-0.05, 0) is 18.6 Å². The Labute approximate surface area is 147 Å². The van der Waals surface area contributed by atoms with Crippen LogP contribution in [0.1, 0.15) is 25.5 Å². The number of imide groups is 1. The van der Waals surface area contributed by atoms with E-state index in [0.29, 0.717) is 22.6 Å². The maximum Gasteiger partial charge on any atom is 0.321 e. The maximum absolute atomic E-state index is 11.7. The van der Waals surface area contributed by atoms with Gasteiger partial charge in [0.25, 0.3) is 0 Å². The fourth-order valence-electron chi connectivity index (χ4n) is 1.63. The fourth-order valence-corrected chi connectivity index (χ4v) is 3.18. The van der Waals surface area contributed by atoms with Crippen molar-refractivity contribution < 1.29 is 14.0 Å². The minimum atomic E-state index is -0.466. The minimum Gasteiger partial charge on any atom is -0.467 e. The number of unbranched alkanes of at least 4 members (excludes halogenated alkanes) is 1. The van der Waals surface area contributed by atoms with Gasteiger partial charge in [-0.1, -0.05) is 36.4 Å². The van der Waals surface area contributed by atoms with E-state index in [0.717, 1.165) is 18.6 Å². The van der Waals surface area contributed by atoms with Crippen molar-refractivity contribution in [1.29, 1.82) is 0 Å². The van der Waals surface area contributed by atoms with Crippen LogP contribution in [-0.2, 0) is 11.3 Å². The second kappa shape index (κ2) is 9.93. The van der Waals surface area contributed by atoms with Crippen molar-refractivity contribution in [2.24, 2.45) is 0 Å². The van der Waals surface area contributed by atoms with E-state index in [2.05, 4.69) is 26.1 Å². The molecule has 0 spiro atoms. The van der Waals surface area contributed by atoms with Crippen LogP contribution in [0.5, 0.6) is 0 Å². The van der Waals surface area contributed by atoms with Crippen molar-refractivity contribution in [1.82, 2.24) is 20.8 Å². The van der Waals surface area contributed by atoms with Gasteiger partial charge in [0.1, 0.15) is 5.76 Å². The topological polar surface area (TPSA) is 109 Å². The highest BCUT2D eigenvalue weighted by molar-refractivity contribution is 8.01. The van der Waals surface area contributed by atoms with Crippen LogP contribution in [0.2, 0.25) is 0 Å². The molecule has 8 nitrogen and oxygen atoms in total. The molecule has 2 aromatic rings. The van der Waals surface area contributed by atoms with Crippen LogP contribution >= 0.6 is 23.1 Å². The first-order valence-corrected chi connectivity index (χ1v) is 9.28. The highest BCUT2D eigenvalue weighted by Gasteiger charge is 2.10. The standard InChI is InChI=1S/C14H19N5O3S2/c1-2-3-6-15-12(21)17-11(20)9-23-14-19-18-13(24-14)16-8-10-5-4-7-22-10/h4-5,7H,2-3,6,8-9H2,1H3,(H,16,18)(H2,15,17,20,21). The summed E-state index contributed by atoms with van der Waals surface area (Å²) in [4.78, 5) is 23.1. The highest BCUT2D eigenvalue weighted by Crippen LogP contribution is 2.25.